The molecule has 0 rings (SSSR count). The second-order valence-electron chi connectivity index (χ2n) is 4.76. The number of aliphatic hydroxyl groups is 1. The van der Waals surface area contributed by atoms with Crippen LogP contribution in [0, 0.1) is 0 Å². The summed E-state index contributed by atoms with van der Waals surface area (Å²) in [6.07, 6.45) is 4.40. The zero-order chi connectivity index (χ0) is 14.7. The molecular weight excluding hydrogens is 244 g/mol. The van der Waals surface area contributed by atoms with E-state index in [1.54, 1.807) is 4.90 Å². The normalized spacial score (nSPS) is 12.0. The topological polar surface area (TPSA) is 69.6 Å². The van der Waals surface area contributed by atoms with Crippen LogP contribution >= 0.6 is 0 Å². The number of hydrogen-bond donors (Lipinski definition) is 2. The van der Waals surface area contributed by atoms with Crippen molar-refractivity contribution >= 4 is 11.8 Å². The first-order valence-electron chi connectivity index (χ1n) is 7.31. The Labute approximate surface area is 116 Å². The molecular formula is C14H28N2O3. The highest BCUT2D eigenvalue weighted by molar-refractivity contribution is 6.35. The molecule has 0 aromatic carbocycles. The predicted octanol–water partition coefficient (Wildman–Crippen LogP) is 1.30. The van der Waals surface area contributed by atoms with Gasteiger partial charge in [-0.05, 0) is 19.3 Å². The Kier molecular flexibility index (Phi) is 10.2. The molecule has 0 aliphatic carbocycles. The minimum Gasteiger partial charge on any atom is -0.394 e. The first-order valence-corrected chi connectivity index (χ1v) is 7.31. The molecule has 0 heterocycles. The molecule has 0 radical (unpaired) electrons. The van der Waals surface area contributed by atoms with Crippen molar-refractivity contribution in [2.24, 2.45) is 0 Å². The second-order valence-corrected chi connectivity index (χ2v) is 4.76. The molecule has 1 unspecified atom stereocenters. The van der Waals surface area contributed by atoms with E-state index >= 15 is 0 Å². The third kappa shape index (κ3) is 7.15. The number of carbonyl (C=O) groups is 2. The van der Waals surface area contributed by atoms with E-state index in [0.717, 1.165) is 25.7 Å². The molecule has 5 nitrogen and oxygen atoms in total. The van der Waals surface area contributed by atoms with Crippen LogP contribution in [0.25, 0.3) is 0 Å². The van der Waals surface area contributed by atoms with Crippen LogP contribution in [0.5, 0.6) is 0 Å². The number of aliphatic hydroxyl groups excluding tert-OH is 1. The summed E-state index contributed by atoms with van der Waals surface area (Å²) in [6.45, 7) is 7.08. The van der Waals surface area contributed by atoms with Gasteiger partial charge in [0.05, 0.1) is 12.6 Å². The van der Waals surface area contributed by atoms with E-state index < -0.39 is 11.8 Å². The van der Waals surface area contributed by atoms with Crippen molar-refractivity contribution in [3.05, 3.63) is 0 Å². The molecule has 2 N–H and O–H groups in total. The molecule has 112 valence electrons. The van der Waals surface area contributed by atoms with Gasteiger partial charge in [-0.2, -0.15) is 0 Å². The molecule has 1 atom stereocenters. The van der Waals surface area contributed by atoms with Crippen molar-refractivity contribution in [3.63, 3.8) is 0 Å². The van der Waals surface area contributed by atoms with Crippen LogP contribution in [-0.4, -0.2) is 47.6 Å². The van der Waals surface area contributed by atoms with Gasteiger partial charge in [0, 0.05) is 13.1 Å². The van der Waals surface area contributed by atoms with Crippen molar-refractivity contribution in [1.82, 2.24) is 10.2 Å². The predicted molar refractivity (Wildman–Crippen MR) is 75.7 cm³/mol. The van der Waals surface area contributed by atoms with Crippen LogP contribution in [0.3, 0.4) is 0 Å². The number of rotatable bonds is 9. The molecule has 2 amide bonds. The average Bonchev–Trinajstić information content (AvgIpc) is 2.43. The van der Waals surface area contributed by atoms with Gasteiger partial charge in [0.1, 0.15) is 0 Å². The third-order valence-electron chi connectivity index (χ3n) is 3.09. The monoisotopic (exact) mass is 272 g/mol. The van der Waals surface area contributed by atoms with Crippen molar-refractivity contribution < 1.29 is 14.7 Å². The number of carbonyl (C=O) groups excluding carboxylic acids is 2. The Balaban J connectivity index is 4.45. The van der Waals surface area contributed by atoms with E-state index in [9.17, 15) is 9.59 Å². The summed E-state index contributed by atoms with van der Waals surface area (Å²) in [5, 5.41) is 11.6. The highest BCUT2D eigenvalue weighted by Gasteiger charge is 2.22. The fourth-order valence-electron chi connectivity index (χ4n) is 1.68. The van der Waals surface area contributed by atoms with Crippen LogP contribution in [0.2, 0.25) is 0 Å². The number of amides is 2. The zero-order valence-corrected chi connectivity index (χ0v) is 12.4. The molecule has 0 aliphatic heterocycles. The van der Waals surface area contributed by atoms with E-state index in [-0.39, 0.29) is 12.6 Å². The minimum atomic E-state index is -0.604. The van der Waals surface area contributed by atoms with Crippen LogP contribution in [0.1, 0.15) is 52.9 Å². The van der Waals surface area contributed by atoms with Gasteiger partial charge in [-0.1, -0.05) is 33.6 Å². The molecule has 0 saturated heterocycles. The van der Waals surface area contributed by atoms with Gasteiger partial charge in [0.15, 0.2) is 0 Å². The van der Waals surface area contributed by atoms with Crippen molar-refractivity contribution in [2.75, 3.05) is 19.7 Å². The lowest BCUT2D eigenvalue weighted by Crippen LogP contribution is -2.48. The Hall–Kier alpha value is -1.10. The summed E-state index contributed by atoms with van der Waals surface area (Å²) in [7, 11) is 0. The number of nitrogens with zero attached hydrogens (tertiary/aromatic N) is 1. The van der Waals surface area contributed by atoms with E-state index in [1.807, 2.05) is 6.92 Å². The minimum absolute atomic E-state index is 0.139. The lowest BCUT2D eigenvalue weighted by molar-refractivity contribution is -0.146. The van der Waals surface area contributed by atoms with Crippen molar-refractivity contribution in [3.8, 4) is 0 Å². The van der Waals surface area contributed by atoms with Crippen LogP contribution in [-0.2, 0) is 9.59 Å². The molecule has 0 bridgehead atoms. The Bertz CT molecular complexity index is 257. The first kappa shape index (κ1) is 17.9. The Morgan fingerprint density at radius 2 is 1.63 bits per heavy atom. The standard InChI is InChI=1S/C14H28N2O3/c1-4-7-9-16(10-8-5-2)14(19)13(18)15-12(6-3)11-17/h12,17H,4-11H2,1-3H3,(H,15,18). The van der Waals surface area contributed by atoms with Gasteiger partial charge < -0.3 is 15.3 Å². The molecule has 5 heteroatoms. The Morgan fingerprint density at radius 3 is 2.00 bits per heavy atom. The molecule has 0 aromatic rings. The zero-order valence-electron chi connectivity index (χ0n) is 12.4. The number of nitrogens with one attached hydrogen (secondary N) is 1. The maximum absolute atomic E-state index is 12.1. The largest absolute Gasteiger partial charge is 0.394 e. The smallest absolute Gasteiger partial charge is 0.311 e. The second kappa shape index (κ2) is 10.8. The molecule has 0 saturated carbocycles. The van der Waals surface area contributed by atoms with Gasteiger partial charge in [-0.15, -0.1) is 0 Å². The maximum Gasteiger partial charge on any atom is 0.311 e. The van der Waals surface area contributed by atoms with Crippen LogP contribution < -0.4 is 5.32 Å². The van der Waals surface area contributed by atoms with Crippen molar-refractivity contribution in [1.29, 1.82) is 0 Å². The molecule has 0 spiro atoms. The fourth-order valence-corrected chi connectivity index (χ4v) is 1.68. The lowest BCUT2D eigenvalue weighted by Gasteiger charge is -2.23. The summed E-state index contributed by atoms with van der Waals surface area (Å²) in [5.41, 5.74) is 0. The van der Waals surface area contributed by atoms with Gasteiger partial charge >= 0.3 is 11.8 Å². The average molecular weight is 272 g/mol. The Morgan fingerprint density at radius 1 is 1.11 bits per heavy atom. The van der Waals surface area contributed by atoms with E-state index in [4.69, 9.17) is 5.11 Å². The summed E-state index contributed by atoms with van der Waals surface area (Å²) in [5.74, 6) is -1.08. The molecule has 0 aromatic heterocycles. The first-order chi connectivity index (χ1) is 9.10. The van der Waals surface area contributed by atoms with Crippen LogP contribution in [0.15, 0.2) is 0 Å². The third-order valence-corrected chi connectivity index (χ3v) is 3.09. The SMILES string of the molecule is CCCCN(CCCC)C(=O)C(=O)NC(CC)CO. The summed E-state index contributed by atoms with van der Waals surface area (Å²) in [4.78, 5) is 25.5. The quantitative estimate of drug-likeness (QED) is 0.622. The lowest BCUT2D eigenvalue weighted by atomic mass is 10.2. The van der Waals surface area contributed by atoms with Gasteiger partial charge in [-0.25, -0.2) is 0 Å². The summed E-state index contributed by atoms with van der Waals surface area (Å²) < 4.78 is 0. The highest BCUT2D eigenvalue weighted by atomic mass is 16.3. The summed E-state index contributed by atoms with van der Waals surface area (Å²) in [6, 6.07) is -0.337. The number of unbranched alkanes of at least 4 members (excludes halogenated alkanes) is 2. The van der Waals surface area contributed by atoms with E-state index in [1.165, 1.54) is 0 Å². The van der Waals surface area contributed by atoms with Crippen LogP contribution in [0.4, 0.5) is 0 Å². The number of hydrogen-bond acceptors (Lipinski definition) is 3. The summed E-state index contributed by atoms with van der Waals surface area (Å²) >= 11 is 0. The molecule has 0 fully saturated rings. The molecule has 19 heavy (non-hydrogen) atoms. The maximum atomic E-state index is 12.1. The van der Waals surface area contributed by atoms with Gasteiger partial charge in [0.2, 0.25) is 0 Å². The fraction of sp³-hybridized carbons (Fsp3) is 0.857. The highest BCUT2D eigenvalue weighted by Crippen LogP contribution is 2.01. The molecule has 0 aliphatic rings. The van der Waals surface area contributed by atoms with Gasteiger partial charge in [0.25, 0.3) is 0 Å². The van der Waals surface area contributed by atoms with E-state index in [2.05, 4.69) is 19.2 Å². The van der Waals surface area contributed by atoms with Crippen molar-refractivity contribution in [2.45, 2.75) is 58.9 Å². The van der Waals surface area contributed by atoms with E-state index in [0.29, 0.717) is 19.5 Å². The van der Waals surface area contributed by atoms with Gasteiger partial charge in [-0.3, -0.25) is 9.59 Å².